The van der Waals surface area contributed by atoms with Crippen LogP contribution < -0.4 is 10.2 Å². The third kappa shape index (κ3) is 3.69. The number of nitrogens with one attached hydrogen (secondary N) is 1. The molecule has 0 radical (unpaired) electrons. The second-order valence-corrected chi connectivity index (χ2v) is 5.00. The van der Waals surface area contributed by atoms with E-state index >= 15 is 0 Å². The Morgan fingerprint density at radius 1 is 1.30 bits per heavy atom. The van der Waals surface area contributed by atoms with E-state index in [1.165, 1.54) is 13.5 Å². The number of anilines is 2. The van der Waals surface area contributed by atoms with Crippen molar-refractivity contribution in [2.45, 2.75) is 32.2 Å². The lowest BCUT2D eigenvalue weighted by molar-refractivity contribution is -0.141. The van der Waals surface area contributed by atoms with Gasteiger partial charge in [-0.1, -0.05) is 0 Å². The van der Waals surface area contributed by atoms with Gasteiger partial charge in [-0.3, -0.25) is 0 Å². The lowest BCUT2D eigenvalue weighted by Crippen LogP contribution is -2.32. The summed E-state index contributed by atoms with van der Waals surface area (Å²) >= 11 is 5.92. The van der Waals surface area contributed by atoms with E-state index in [2.05, 4.69) is 29.9 Å². The highest BCUT2D eigenvalue weighted by Gasteiger charge is 2.18. The highest BCUT2D eigenvalue weighted by Crippen LogP contribution is 2.18. The van der Waals surface area contributed by atoms with Gasteiger partial charge in [-0.2, -0.15) is 15.0 Å². The van der Waals surface area contributed by atoms with Crippen molar-refractivity contribution in [2.24, 2.45) is 0 Å². The van der Waals surface area contributed by atoms with Crippen molar-refractivity contribution in [1.29, 1.82) is 0 Å². The molecule has 1 aliphatic rings. The number of hydrogen-bond donors (Lipinski definition) is 1. The molecule has 1 atom stereocenters. The third-order valence-corrected chi connectivity index (χ3v) is 3.30. The second kappa shape index (κ2) is 6.69. The van der Waals surface area contributed by atoms with E-state index in [1.54, 1.807) is 6.92 Å². The van der Waals surface area contributed by atoms with Crippen LogP contribution in [0.3, 0.4) is 0 Å². The SMILES string of the molecule is COC(=O)C(C)Nc1nc(Cl)nc(N2CCCCC2)n1. The number of methoxy groups -OCH3 is 1. The van der Waals surface area contributed by atoms with Gasteiger partial charge in [-0.15, -0.1) is 0 Å². The van der Waals surface area contributed by atoms with Gasteiger partial charge in [-0.25, -0.2) is 4.79 Å². The average molecular weight is 300 g/mol. The molecule has 1 aromatic rings. The molecule has 8 heteroatoms. The Hall–Kier alpha value is -1.63. The summed E-state index contributed by atoms with van der Waals surface area (Å²) in [6.07, 6.45) is 3.45. The topological polar surface area (TPSA) is 80.2 Å². The molecule has 1 N–H and O–H groups in total. The first-order valence-electron chi connectivity index (χ1n) is 6.61. The van der Waals surface area contributed by atoms with Crippen LogP contribution in [-0.4, -0.2) is 47.2 Å². The van der Waals surface area contributed by atoms with E-state index in [1.807, 2.05) is 0 Å². The molecule has 0 saturated carbocycles. The molecule has 0 amide bonds. The maximum absolute atomic E-state index is 11.4. The minimum absolute atomic E-state index is 0.111. The summed E-state index contributed by atoms with van der Waals surface area (Å²) in [4.78, 5) is 25.9. The second-order valence-electron chi connectivity index (χ2n) is 4.66. The van der Waals surface area contributed by atoms with E-state index in [0.717, 1.165) is 25.9 Å². The van der Waals surface area contributed by atoms with Crippen LogP contribution in [0.1, 0.15) is 26.2 Å². The molecule has 1 aliphatic heterocycles. The molecule has 0 aromatic carbocycles. The first kappa shape index (κ1) is 14.8. The Kier molecular flexibility index (Phi) is 4.94. The van der Waals surface area contributed by atoms with Gasteiger partial charge < -0.3 is 15.0 Å². The molecule has 1 unspecified atom stereocenters. The Balaban J connectivity index is 2.13. The van der Waals surface area contributed by atoms with E-state index < -0.39 is 6.04 Å². The van der Waals surface area contributed by atoms with E-state index in [4.69, 9.17) is 11.6 Å². The molecule has 7 nitrogen and oxygen atoms in total. The quantitative estimate of drug-likeness (QED) is 0.844. The van der Waals surface area contributed by atoms with Gasteiger partial charge in [0.1, 0.15) is 6.04 Å². The average Bonchev–Trinajstić information content (AvgIpc) is 2.46. The summed E-state index contributed by atoms with van der Waals surface area (Å²) in [5, 5.41) is 2.98. The molecular weight excluding hydrogens is 282 g/mol. The summed E-state index contributed by atoms with van der Waals surface area (Å²) in [6, 6.07) is -0.548. The lowest BCUT2D eigenvalue weighted by atomic mass is 10.1. The number of halogens is 1. The number of piperidine rings is 1. The monoisotopic (exact) mass is 299 g/mol. The lowest BCUT2D eigenvalue weighted by Gasteiger charge is -2.26. The van der Waals surface area contributed by atoms with Crippen molar-refractivity contribution in [3.8, 4) is 0 Å². The van der Waals surface area contributed by atoms with Crippen LogP contribution in [0.25, 0.3) is 0 Å². The number of rotatable bonds is 4. The highest BCUT2D eigenvalue weighted by atomic mass is 35.5. The summed E-state index contributed by atoms with van der Waals surface area (Å²) in [6.45, 7) is 3.49. The highest BCUT2D eigenvalue weighted by molar-refractivity contribution is 6.28. The summed E-state index contributed by atoms with van der Waals surface area (Å²) in [7, 11) is 1.33. The minimum atomic E-state index is -0.548. The fraction of sp³-hybridized carbons (Fsp3) is 0.667. The summed E-state index contributed by atoms with van der Waals surface area (Å²) < 4.78 is 4.64. The zero-order chi connectivity index (χ0) is 14.5. The molecule has 110 valence electrons. The molecular formula is C12H18ClN5O2. The van der Waals surface area contributed by atoms with Gasteiger partial charge >= 0.3 is 5.97 Å². The van der Waals surface area contributed by atoms with Gasteiger partial charge in [0.05, 0.1) is 7.11 Å². The van der Waals surface area contributed by atoms with Crippen molar-refractivity contribution in [3.05, 3.63) is 5.28 Å². The third-order valence-electron chi connectivity index (χ3n) is 3.14. The molecule has 1 saturated heterocycles. The van der Waals surface area contributed by atoms with Crippen molar-refractivity contribution < 1.29 is 9.53 Å². The Labute approximate surface area is 122 Å². The number of nitrogens with zero attached hydrogens (tertiary/aromatic N) is 4. The predicted molar refractivity (Wildman–Crippen MR) is 76.0 cm³/mol. The fourth-order valence-electron chi connectivity index (χ4n) is 2.07. The van der Waals surface area contributed by atoms with Crippen LogP contribution in [-0.2, 0) is 9.53 Å². The van der Waals surface area contributed by atoms with E-state index in [0.29, 0.717) is 5.95 Å². The van der Waals surface area contributed by atoms with Crippen LogP contribution in [0.5, 0.6) is 0 Å². The molecule has 0 aliphatic carbocycles. The van der Waals surface area contributed by atoms with Crippen molar-refractivity contribution in [1.82, 2.24) is 15.0 Å². The number of hydrogen-bond acceptors (Lipinski definition) is 7. The molecule has 2 heterocycles. The normalized spacial score (nSPS) is 16.6. The van der Waals surface area contributed by atoms with Gasteiger partial charge in [0, 0.05) is 13.1 Å². The standard InChI is InChI=1S/C12H18ClN5O2/c1-8(9(19)20-2)14-11-15-10(13)16-12(17-11)18-6-4-3-5-7-18/h8H,3-7H2,1-2H3,(H,14,15,16,17). The molecule has 0 bridgehead atoms. The Bertz CT molecular complexity index is 479. The number of ether oxygens (including phenoxy) is 1. The van der Waals surface area contributed by atoms with Crippen LogP contribution in [0.2, 0.25) is 5.28 Å². The Morgan fingerprint density at radius 3 is 2.65 bits per heavy atom. The van der Waals surface area contributed by atoms with E-state index in [-0.39, 0.29) is 17.2 Å². The number of carbonyl (C=O) groups is 1. The zero-order valence-electron chi connectivity index (χ0n) is 11.6. The van der Waals surface area contributed by atoms with Crippen LogP contribution >= 0.6 is 11.6 Å². The van der Waals surface area contributed by atoms with Gasteiger partial charge in [0.25, 0.3) is 0 Å². The summed E-state index contributed by atoms with van der Waals surface area (Å²) in [5.41, 5.74) is 0. The zero-order valence-corrected chi connectivity index (χ0v) is 12.4. The fourth-order valence-corrected chi connectivity index (χ4v) is 2.22. The van der Waals surface area contributed by atoms with E-state index in [9.17, 15) is 4.79 Å². The first-order chi connectivity index (χ1) is 9.60. The molecule has 1 aromatic heterocycles. The predicted octanol–water partition coefficient (Wildman–Crippen LogP) is 1.49. The molecule has 2 rings (SSSR count). The van der Waals surface area contributed by atoms with Crippen LogP contribution in [0.4, 0.5) is 11.9 Å². The minimum Gasteiger partial charge on any atom is -0.467 e. The largest absolute Gasteiger partial charge is 0.467 e. The summed E-state index contributed by atoms with van der Waals surface area (Å²) in [5.74, 6) is 0.439. The number of esters is 1. The van der Waals surface area contributed by atoms with Gasteiger partial charge in [0.2, 0.25) is 17.2 Å². The first-order valence-corrected chi connectivity index (χ1v) is 6.99. The number of carbonyl (C=O) groups excluding carboxylic acids is 1. The van der Waals surface area contributed by atoms with Crippen LogP contribution in [0.15, 0.2) is 0 Å². The van der Waals surface area contributed by atoms with Crippen LogP contribution in [0, 0.1) is 0 Å². The van der Waals surface area contributed by atoms with Gasteiger partial charge in [0.15, 0.2) is 0 Å². The smallest absolute Gasteiger partial charge is 0.328 e. The molecule has 20 heavy (non-hydrogen) atoms. The van der Waals surface area contributed by atoms with Gasteiger partial charge in [-0.05, 0) is 37.8 Å². The maximum Gasteiger partial charge on any atom is 0.328 e. The van der Waals surface area contributed by atoms with Crippen molar-refractivity contribution in [3.63, 3.8) is 0 Å². The maximum atomic E-state index is 11.4. The van der Waals surface area contributed by atoms with Crippen molar-refractivity contribution >= 4 is 29.5 Å². The van der Waals surface area contributed by atoms with Crippen molar-refractivity contribution in [2.75, 3.05) is 30.4 Å². The molecule has 1 fully saturated rings. The molecule has 0 spiro atoms. The number of aromatic nitrogens is 3. The Morgan fingerprint density at radius 2 is 2.00 bits per heavy atom.